The summed E-state index contributed by atoms with van der Waals surface area (Å²) < 4.78 is 13.3. The number of aliphatic hydroxyl groups is 1. The Labute approximate surface area is 144 Å². The summed E-state index contributed by atoms with van der Waals surface area (Å²) in [6.07, 6.45) is 0. The molecule has 0 saturated carbocycles. The number of aromatic nitrogens is 2. The number of benzene rings is 2. The van der Waals surface area contributed by atoms with Crippen LogP contribution in [0.25, 0.3) is 11.0 Å². The first kappa shape index (κ1) is 16.9. The van der Waals surface area contributed by atoms with Crippen LogP contribution in [-0.4, -0.2) is 21.1 Å². The zero-order valence-electron chi connectivity index (χ0n) is 13.8. The third kappa shape index (κ3) is 3.95. The summed E-state index contributed by atoms with van der Waals surface area (Å²) in [6, 6.07) is 9.88. The Balaban J connectivity index is 1.54. The molecule has 1 heterocycles. The second-order valence-corrected chi connectivity index (χ2v) is 5.77. The molecular weight excluding hydrogens is 323 g/mol. The Bertz CT molecular complexity index is 907. The quantitative estimate of drug-likeness (QED) is 0.574. The molecule has 0 spiro atoms. The van der Waals surface area contributed by atoms with Gasteiger partial charge in [-0.15, -0.1) is 0 Å². The van der Waals surface area contributed by atoms with Crippen molar-refractivity contribution in [2.45, 2.75) is 26.6 Å². The maximum atomic E-state index is 13.3. The van der Waals surface area contributed by atoms with E-state index in [1.165, 1.54) is 12.1 Å². The Morgan fingerprint density at radius 3 is 2.80 bits per heavy atom. The zero-order valence-corrected chi connectivity index (χ0v) is 13.8. The minimum absolute atomic E-state index is 0.206. The predicted molar refractivity (Wildman–Crippen MR) is 92.2 cm³/mol. The first-order valence-corrected chi connectivity index (χ1v) is 7.91. The van der Waals surface area contributed by atoms with E-state index in [2.05, 4.69) is 20.6 Å². The van der Waals surface area contributed by atoms with Crippen molar-refractivity contribution in [3.8, 4) is 0 Å². The third-order valence-corrected chi connectivity index (χ3v) is 3.91. The Hall–Kier alpha value is -2.93. The van der Waals surface area contributed by atoms with Gasteiger partial charge in [0.2, 0.25) is 0 Å². The molecule has 3 rings (SSSR count). The average molecular weight is 342 g/mol. The number of urea groups is 1. The van der Waals surface area contributed by atoms with Gasteiger partial charge in [0.05, 0.1) is 24.2 Å². The predicted octanol–water partition coefficient (Wildman–Crippen LogP) is 2.50. The molecule has 7 heteroatoms. The maximum absolute atomic E-state index is 13.3. The van der Waals surface area contributed by atoms with E-state index in [-0.39, 0.29) is 31.3 Å². The van der Waals surface area contributed by atoms with Crippen LogP contribution in [-0.2, 0) is 19.7 Å². The van der Waals surface area contributed by atoms with E-state index in [9.17, 15) is 9.18 Å². The highest BCUT2D eigenvalue weighted by atomic mass is 19.1. The van der Waals surface area contributed by atoms with Crippen molar-refractivity contribution in [2.75, 3.05) is 0 Å². The van der Waals surface area contributed by atoms with Crippen molar-refractivity contribution >= 4 is 17.1 Å². The van der Waals surface area contributed by atoms with E-state index in [0.717, 1.165) is 16.6 Å². The molecule has 25 heavy (non-hydrogen) atoms. The van der Waals surface area contributed by atoms with Crippen LogP contribution in [0.15, 0.2) is 36.4 Å². The van der Waals surface area contributed by atoms with Crippen molar-refractivity contribution in [1.82, 2.24) is 20.6 Å². The molecule has 2 amide bonds. The SMILES string of the molecule is Cc1cccc2[nH]c(CNC(=O)NCc3ccc(F)c(CO)c3)nc12. The lowest BCUT2D eigenvalue weighted by molar-refractivity contribution is 0.240. The second kappa shape index (κ2) is 7.31. The van der Waals surface area contributed by atoms with Gasteiger partial charge in [-0.2, -0.15) is 0 Å². The van der Waals surface area contributed by atoms with Gasteiger partial charge in [-0.05, 0) is 36.2 Å². The normalized spacial score (nSPS) is 10.8. The van der Waals surface area contributed by atoms with Crippen molar-refractivity contribution in [1.29, 1.82) is 0 Å². The van der Waals surface area contributed by atoms with Crippen molar-refractivity contribution in [2.24, 2.45) is 0 Å². The van der Waals surface area contributed by atoms with Gasteiger partial charge in [-0.1, -0.05) is 18.2 Å². The van der Waals surface area contributed by atoms with Crippen LogP contribution in [0.5, 0.6) is 0 Å². The number of rotatable bonds is 5. The molecule has 0 atom stereocenters. The van der Waals surface area contributed by atoms with Crippen LogP contribution < -0.4 is 10.6 Å². The summed E-state index contributed by atoms with van der Waals surface area (Å²) in [5.74, 6) is 0.208. The molecule has 0 aliphatic heterocycles. The first-order chi connectivity index (χ1) is 12.1. The summed E-state index contributed by atoms with van der Waals surface area (Å²) in [7, 11) is 0. The second-order valence-electron chi connectivity index (χ2n) is 5.77. The van der Waals surface area contributed by atoms with E-state index in [1.54, 1.807) is 6.07 Å². The topological polar surface area (TPSA) is 90.0 Å². The Kier molecular flexibility index (Phi) is 4.95. The Morgan fingerprint density at radius 2 is 2.04 bits per heavy atom. The van der Waals surface area contributed by atoms with Crippen molar-refractivity contribution < 1.29 is 14.3 Å². The number of fused-ring (bicyclic) bond motifs is 1. The smallest absolute Gasteiger partial charge is 0.315 e. The molecule has 0 fully saturated rings. The molecule has 3 aromatic rings. The number of aryl methyl sites for hydroxylation is 1. The van der Waals surface area contributed by atoms with Crippen LogP contribution in [0.3, 0.4) is 0 Å². The van der Waals surface area contributed by atoms with E-state index in [4.69, 9.17) is 5.11 Å². The molecule has 4 N–H and O–H groups in total. The van der Waals surface area contributed by atoms with E-state index in [1.807, 2.05) is 25.1 Å². The first-order valence-electron chi connectivity index (χ1n) is 7.91. The molecule has 0 aliphatic rings. The number of para-hydroxylation sites is 1. The van der Waals surface area contributed by atoms with Crippen LogP contribution in [0.2, 0.25) is 0 Å². The summed E-state index contributed by atoms with van der Waals surface area (Å²) in [5, 5.41) is 14.5. The highest BCUT2D eigenvalue weighted by Gasteiger charge is 2.07. The molecule has 0 saturated heterocycles. The van der Waals surface area contributed by atoms with Crippen LogP contribution >= 0.6 is 0 Å². The number of aromatic amines is 1. The molecule has 6 nitrogen and oxygen atoms in total. The number of halogens is 1. The molecule has 130 valence electrons. The third-order valence-electron chi connectivity index (χ3n) is 3.91. The minimum Gasteiger partial charge on any atom is -0.392 e. The highest BCUT2D eigenvalue weighted by molar-refractivity contribution is 5.78. The number of hydrogen-bond donors (Lipinski definition) is 4. The molecule has 0 bridgehead atoms. The van der Waals surface area contributed by atoms with Gasteiger partial charge in [0, 0.05) is 12.1 Å². The maximum Gasteiger partial charge on any atom is 0.315 e. The number of nitrogens with zero attached hydrogens (tertiary/aromatic N) is 1. The molecule has 2 aromatic carbocycles. The van der Waals surface area contributed by atoms with Gasteiger partial charge in [-0.25, -0.2) is 14.2 Å². The number of aliphatic hydroxyl groups excluding tert-OH is 1. The number of imidazole rings is 1. The lowest BCUT2D eigenvalue weighted by atomic mass is 10.1. The number of amides is 2. The van der Waals surface area contributed by atoms with E-state index >= 15 is 0 Å². The lowest BCUT2D eigenvalue weighted by Gasteiger charge is -2.08. The van der Waals surface area contributed by atoms with Gasteiger partial charge in [0.15, 0.2) is 0 Å². The van der Waals surface area contributed by atoms with Crippen LogP contribution in [0.4, 0.5) is 9.18 Å². The summed E-state index contributed by atoms with van der Waals surface area (Å²) in [5.41, 5.74) is 3.81. The van der Waals surface area contributed by atoms with Crippen molar-refractivity contribution in [3.05, 3.63) is 64.7 Å². The minimum atomic E-state index is -0.462. The zero-order chi connectivity index (χ0) is 17.8. The fourth-order valence-electron chi connectivity index (χ4n) is 2.58. The van der Waals surface area contributed by atoms with Gasteiger partial charge < -0.3 is 20.7 Å². The summed E-state index contributed by atoms with van der Waals surface area (Å²) >= 11 is 0. The molecule has 1 aromatic heterocycles. The van der Waals surface area contributed by atoms with Gasteiger partial charge in [-0.3, -0.25) is 0 Å². The highest BCUT2D eigenvalue weighted by Crippen LogP contribution is 2.15. The molecule has 0 aliphatic carbocycles. The number of nitrogens with one attached hydrogen (secondary N) is 3. The average Bonchev–Trinajstić information content (AvgIpc) is 3.04. The molecule has 0 radical (unpaired) electrons. The van der Waals surface area contributed by atoms with Gasteiger partial charge >= 0.3 is 6.03 Å². The van der Waals surface area contributed by atoms with Crippen LogP contribution in [0, 0.1) is 12.7 Å². The van der Waals surface area contributed by atoms with E-state index in [0.29, 0.717) is 11.4 Å². The molecule has 0 unspecified atom stereocenters. The summed E-state index contributed by atoms with van der Waals surface area (Å²) in [4.78, 5) is 19.5. The fourth-order valence-corrected chi connectivity index (χ4v) is 2.58. The number of carbonyl (C=O) groups is 1. The standard InChI is InChI=1S/C18H19FN4O2/c1-11-3-2-4-15-17(11)23-16(22-15)9-21-18(25)20-8-12-5-6-14(19)13(7-12)10-24/h2-7,24H,8-10H2,1H3,(H,22,23)(H2,20,21,25). The van der Waals surface area contributed by atoms with Crippen molar-refractivity contribution in [3.63, 3.8) is 0 Å². The molecular formula is C18H19FN4O2. The number of hydrogen-bond acceptors (Lipinski definition) is 3. The number of carbonyl (C=O) groups excluding carboxylic acids is 1. The van der Waals surface area contributed by atoms with Crippen LogP contribution in [0.1, 0.15) is 22.5 Å². The van der Waals surface area contributed by atoms with Gasteiger partial charge in [0.1, 0.15) is 11.6 Å². The summed E-state index contributed by atoms with van der Waals surface area (Å²) in [6.45, 7) is 2.11. The fraction of sp³-hybridized carbons (Fsp3) is 0.222. The Morgan fingerprint density at radius 1 is 1.24 bits per heavy atom. The largest absolute Gasteiger partial charge is 0.392 e. The number of H-pyrrole nitrogens is 1. The van der Waals surface area contributed by atoms with Gasteiger partial charge in [0.25, 0.3) is 0 Å². The monoisotopic (exact) mass is 342 g/mol. The lowest BCUT2D eigenvalue weighted by Crippen LogP contribution is -2.34. The van der Waals surface area contributed by atoms with E-state index < -0.39 is 5.82 Å².